The number of sulfonamides is 1. The average Bonchev–Trinajstić information content (AvgIpc) is 2.68. The normalized spacial score (nSPS) is 11.1. The molecule has 0 aliphatic carbocycles. The first-order valence-electron chi connectivity index (χ1n) is 9.13. The van der Waals surface area contributed by atoms with Crippen LogP contribution >= 0.6 is 0 Å². The van der Waals surface area contributed by atoms with Crippen LogP contribution in [0.1, 0.15) is 19.4 Å². The van der Waals surface area contributed by atoms with Gasteiger partial charge in [-0.1, -0.05) is 12.1 Å². The van der Waals surface area contributed by atoms with Crippen molar-refractivity contribution in [3.63, 3.8) is 0 Å². The molecule has 0 aromatic heterocycles. The lowest BCUT2D eigenvalue weighted by Crippen LogP contribution is -2.40. The minimum Gasteiger partial charge on any atom is -0.493 e. The van der Waals surface area contributed by atoms with Gasteiger partial charge in [0, 0.05) is 24.3 Å². The van der Waals surface area contributed by atoms with E-state index in [1.165, 1.54) is 26.4 Å². The lowest BCUT2D eigenvalue weighted by atomic mass is 10.1. The van der Waals surface area contributed by atoms with Crippen molar-refractivity contribution >= 4 is 21.7 Å². The van der Waals surface area contributed by atoms with Crippen LogP contribution in [0.2, 0.25) is 0 Å². The van der Waals surface area contributed by atoms with Crippen molar-refractivity contribution < 1.29 is 22.7 Å². The molecule has 0 spiro atoms. The molecule has 2 amide bonds. The molecule has 9 heteroatoms. The van der Waals surface area contributed by atoms with Gasteiger partial charge in [-0.15, -0.1) is 0 Å². The summed E-state index contributed by atoms with van der Waals surface area (Å²) in [5.74, 6) is 0.784. The van der Waals surface area contributed by atoms with Gasteiger partial charge < -0.3 is 20.1 Å². The number of urea groups is 1. The molecule has 29 heavy (non-hydrogen) atoms. The van der Waals surface area contributed by atoms with Gasteiger partial charge in [0.05, 0.1) is 19.1 Å². The molecule has 0 radical (unpaired) electrons. The number of hydrogen-bond acceptors (Lipinski definition) is 5. The van der Waals surface area contributed by atoms with Crippen molar-refractivity contribution in [1.82, 2.24) is 10.6 Å². The summed E-state index contributed by atoms with van der Waals surface area (Å²) < 4.78 is 38.1. The van der Waals surface area contributed by atoms with E-state index in [4.69, 9.17) is 9.47 Å². The lowest BCUT2D eigenvalue weighted by Gasteiger charge is -2.12. The zero-order chi connectivity index (χ0) is 21.4. The second-order valence-electron chi connectivity index (χ2n) is 6.62. The van der Waals surface area contributed by atoms with Crippen LogP contribution in [-0.2, 0) is 16.4 Å². The third-order valence-electron chi connectivity index (χ3n) is 3.99. The largest absolute Gasteiger partial charge is 0.493 e. The Bertz CT molecular complexity index is 928. The number of hydrogen-bond donors (Lipinski definition) is 3. The smallest absolute Gasteiger partial charge is 0.314 e. The topological polar surface area (TPSA) is 106 Å². The van der Waals surface area contributed by atoms with Crippen molar-refractivity contribution in [3.05, 3.63) is 48.0 Å². The molecule has 2 aromatic carbocycles. The summed E-state index contributed by atoms with van der Waals surface area (Å²) in [5.41, 5.74) is 1.41. The molecule has 0 fully saturated rings. The Labute approximate surface area is 171 Å². The third-order valence-corrected chi connectivity index (χ3v) is 5.37. The van der Waals surface area contributed by atoms with E-state index in [9.17, 15) is 13.2 Å². The summed E-state index contributed by atoms with van der Waals surface area (Å²) in [6, 6.07) is 11.3. The van der Waals surface area contributed by atoms with Crippen LogP contribution in [0.15, 0.2) is 47.4 Å². The Morgan fingerprint density at radius 2 is 1.66 bits per heavy atom. The number of benzene rings is 2. The van der Waals surface area contributed by atoms with E-state index in [0.717, 1.165) is 5.56 Å². The van der Waals surface area contributed by atoms with E-state index in [2.05, 4.69) is 15.4 Å². The van der Waals surface area contributed by atoms with E-state index in [1.54, 1.807) is 18.2 Å². The molecule has 158 valence electrons. The number of rotatable bonds is 9. The molecule has 0 saturated heterocycles. The summed E-state index contributed by atoms with van der Waals surface area (Å²) in [5, 5.41) is 5.52. The Hall–Kier alpha value is -2.94. The van der Waals surface area contributed by atoms with Gasteiger partial charge in [0.15, 0.2) is 11.5 Å². The molecule has 2 rings (SSSR count). The standard InChI is InChI=1S/C20H27N3O5S/c1-14(2)22-20(24)21-12-11-15-5-7-16(8-6-15)23-29(25,26)17-9-10-18(27-3)19(13-17)28-4/h5-10,13-14,23H,11-12H2,1-4H3,(H2,21,22,24). The molecular formula is C20H27N3O5S. The molecule has 0 unspecified atom stereocenters. The maximum atomic E-state index is 12.6. The summed E-state index contributed by atoms with van der Waals surface area (Å²) in [6.45, 7) is 4.26. The summed E-state index contributed by atoms with van der Waals surface area (Å²) in [6.07, 6.45) is 0.633. The Kier molecular flexibility index (Phi) is 7.72. The number of carbonyl (C=O) groups is 1. The number of nitrogens with one attached hydrogen (secondary N) is 3. The lowest BCUT2D eigenvalue weighted by molar-refractivity contribution is 0.238. The van der Waals surface area contributed by atoms with Gasteiger partial charge in [-0.05, 0) is 50.1 Å². The van der Waals surface area contributed by atoms with Crippen molar-refractivity contribution in [3.8, 4) is 11.5 Å². The monoisotopic (exact) mass is 421 g/mol. The van der Waals surface area contributed by atoms with Gasteiger partial charge in [0.25, 0.3) is 10.0 Å². The van der Waals surface area contributed by atoms with Crippen molar-refractivity contribution in [1.29, 1.82) is 0 Å². The molecule has 8 nitrogen and oxygen atoms in total. The molecule has 0 atom stereocenters. The van der Waals surface area contributed by atoms with Crippen LogP contribution in [-0.4, -0.2) is 41.3 Å². The first-order valence-corrected chi connectivity index (χ1v) is 10.6. The van der Waals surface area contributed by atoms with Crippen LogP contribution in [0.25, 0.3) is 0 Å². The first-order chi connectivity index (χ1) is 13.7. The van der Waals surface area contributed by atoms with Crippen molar-refractivity contribution in [2.24, 2.45) is 0 Å². The van der Waals surface area contributed by atoms with Crippen LogP contribution in [0.4, 0.5) is 10.5 Å². The molecule has 2 aromatic rings. The van der Waals surface area contributed by atoms with E-state index >= 15 is 0 Å². The minimum atomic E-state index is -3.77. The van der Waals surface area contributed by atoms with Crippen LogP contribution in [0.5, 0.6) is 11.5 Å². The second-order valence-corrected chi connectivity index (χ2v) is 8.31. The zero-order valence-corrected chi connectivity index (χ0v) is 17.8. The fraction of sp³-hybridized carbons (Fsp3) is 0.350. The maximum absolute atomic E-state index is 12.6. The SMILES string of the molecule is COc1ccc(S(=O)(=O)Nc2ccc(CCNC(=O)NC(C)C)cc2)cc1OC. The Balaban J connectivity index is 1.99. The van der Waals surface area contributed by atoms with Gasteiger partial charge in [-0.2, -0.15) is 0 Å². The highest BCUT2D eigenvalue weighted by Crippen LogP contribution is 2.30. The second kappa shape index (κ2) is 10.0. The van der Waals surface area contributed by atoms with Gasteiger partial charge in [-0.3, -0.25) is 4.72 Å². The highest BCUT2D eigenvalue weighted by Gasteiger charge is 2.17. The van der Waals surface area contributed by atoms with Crippen molar-refractivity contribution in [2.45, 2.75) is 31.2 Å². The molecule has 0 saturated carbocycles. The number of ether oxygens (including phenoxy) is 2. The Morgan fingerprint density at radius 1 is 1.00 bits per heavy atom. The number of amides is 2. The highest BCUT2D eigenvalue weighted by molar-refractivity contribution is 7.92. The van der Waals surface area contributed by atoms with E-state index in [0.29, 0.717) is 30.2 Å². The molecule has 0 bridgehead atoms. The fourth-order valence-electron chi connectivity index (χ4n) is 2.57. The molecule has 3 N–H and O–H groups in total. The Morgan fingerprint density at radius 3 is 2.24 bits per heavy atom. The molecule has 0 aliphatic heterocycles. The zero-order valence-electron chi connectivity index (χ0n) is 17.0. The number of carbonyl (C=O) groups excluding carboxylic acids is 1. The van der Waals surface area contributed by atoms with E-state index in [1.807, 2.05) is 26.0 Å². The summed E-state index contributed by atoms with van der Waals surface area (Å²) in [4.78, 5) is 11.6. The van der Waals surface area contributed by atoms with Crippen LogP contribution < -0.4 is 24.8 Å². The predicted molar refractivity (Wildman–Crippen MR) is 112 cm³/mol. The van der Waals surface area contributed by atoms with Gasteiger partial charge in [-0.25, -0.2) is 13.2 Å². The van der Waals surface area contributed by atoms with Gasteiger partial charge in [0.1, 0.15) is 0 Å². The quantitative estimate of drug-likeness (QED) is 0.577. The molecule has 0 heterocycles. The maximum Gasteiger partial charge on any atom is 0.314 e. The third kappa shape index (κ3) is 6.56. The predicted octanol–water partition coefficient (Wildman–Crippen LogP) is 2.75. The minimum absolute atomic E-state index is 0.0691. The molecular weight excluding hydrogens is 394 g/mol. The highest BCUT2D eigenvalue weighted by atomic mass is 32.2. The van der Waals surface area contributed by atoms with Gasteiger partial charge >= 0.3 is 6.03 Å². The van der Waals surface area contributed by atoms with Crippen molar-refractivity contribution in [2.75, 3.05) is 25.5 Å². The van der Waals surface area contributed by atoms with Gasteiger partial charge in [0.2, 0.25) is 0 Å². The van der Waals surface area contributed by atoms with Crippen LogP contribution in [0, 0.1) is 0 Å². The van der Waals surface area contributed by atoms with E-state index < -0.39 is 10.0 Å². The van der Waals surface area contributed by atoms with Crippen LogP contribution in [0.3, 0.4) is 0 Å². The summed E-state index contributed by atoms with van der Waals surface area (Å²) in [7, 11) is -0.844. The first kappa shape index (κ1) is 22.4. The average molecular weight is 422 g/mol. The number of anilines is 1. The number of methoxy groups -OCH3 is 2. The summed E-state index contributed by atoms with van der Waals surface area (Å²) >= 11 is 0. The van der Waals surface area contributed by atoms with E-state index in [-0.39, 0.29) is 17.0 Å². The fourth-order valence-corrected chi connectivity index (χ4v) is 3.64. The molecule has 0 aliphatic rings.